The van der Waals surface area contributed by atoms with E-state index < -0.39 is 0 Å². The first-order valence-electron chi connectivity index (χ1n) is 8.50. The third-order valence-corrected chi connectivity index (χ3v) is 6.05. The van der Waals surface area contributed by atoms with Crippen LogP contribution in [0.2, 0.25) is 0 Å². The lowest BCUT2D eigenvalue weighted by molar-refractivity contribution is 0.192. The van der Waals surface area contributed by atoms with Crippen LogP contribution >= 0.6 is 35.3 Å². The topological polar surface area (TPSA) is 39.7 Å². The number of thiophene rings is 1. The van der Waals surface area contributed by atoms with Crippen LogP contribution in [0, 0.1) is 5.92 Å². The Hall–Kier alpha value is -0.340. The Morgan fingerprint density at radius 1 is 1.43 bits per heavy atom. The molecule has 0 bridgehead atoms. The molecule has 23 heavy (non-hydrogen) atoms. The Balaban J connectivity index is 0.00000192. The Morgan fingerprint density at radius 2 is 2.26 bits per heavy atom. The van der Waals surface area contributed by atoms with Crippen molar-refractivity contribution < 1.29 is 0 Å². The normalized spacial score (nSPS) is 20.2. The molecule has 2 heterocycles. The lowest BCUT2D eigenvalue weighted by atomic mass is 9.85. The molecular formula is C17H29IN4S. The van der Waals surface area contributed by atoms with E-state index in [1.807, 2.05) is 18.4 Å². The molecule has 1 saturated carbocycles. The summed E-state index contributed by atoms with van der Waals surface area (Å²) in [6.07, 6.45) is 5.34. The van der Waals surface area contributed by atoms with Crippen LogP contribution in [0.4, 0.5) is 0 Å². The Morgan fingerprint density at radius 3 is 2.96 bits per heavy atom. The summed E-state index contributed by atoms with van der Waals surface area (Å²) in [5, 5.41) is 9.18. The molecule has 4 nitrogen and oxygen atoms in total. The third kappa shape index (κ3) is 5.06. The Kier molecular flexibility index (Phi) is 7.62. The van der Waals surface area contributed by atoms with Gasteiger partial charge in [-0.2, -0.15) is 0 Å². The molecule has 0 radical (unpaired) electrons. The molecule has 0 aromatic carbocycles. The fraction of sp³-hybridized carbons (Fsp3) is 0.706. The Bertz CT molecular complexity index is 512. The smallest absolute Gasteiger partial charge is 0.191 e. The average Bonchev–Trinajstić information content (AvgIpc) is 2.96. The number of halogens is 1. The van der Waals surface area contributed by atoms with E-state index in [-0.39, 0.29) is 24.0 Å². The lowest BCUT2D eigenvalue weighted by Crippen LogP contribution is -2.48. The molecule has 0 spiro atoms. The zero-order valence-electron chi connectivity index (χ0n) is 14.2. The summed E-state index contributed by atoms with van der Waals surface area (Å²) in [5.41, 5.74) is 1.52. The monoisotopic (exact) mass is 448 g/mol. The first kappa shape index (κ1) is 19.0. The van der Waals surface area contributed by atoms with Crippen molar-refractivity contribution in [1.29, 1.82) is 0 Å². The maximum Gasteiger partial charge on any atom is 0.191 e. The molecule has 1 unspecified atom stereocenters. The quantitative estimate of drug-likeness (QED) is 0.413. The minimum Gasteiger partial charge on any atom is -0.356 e. The highest BCUT2D eigenvalue weighted by Crippen LogP contribution is 2.25. The van der Waals surface area contributed by atoms with Crippen LogP contribution in [0.15, 0.2) is 16.4 Å². The maximum absolute atomic E-state index is 4.34. The summed E-state index contributed by atoms with van der Waals surface area (Å²) < 4.78 is 0. The molecule has 2 N–H and O–H groups in total. The van der Waals surface area contributed by atoms with Gasteiger partial charge in [0.1, 0.15) is 0 Å². The molecule has 6 heteroatoms. The fourth-order valence-corrected chi connectivity index (χ4v) is 4.07. The number of rotatable bonds is 5. The fourth-order valence-electron chi connectivity index (χ4n) is 3.18. The van der Waals surface area contributed by atoms with Crippen LogP contribution in [0.3, 0.4) is 0 Å². The van der Waals surface area contributed by atoms with Crippen LogP contribution in [0.25, 0.3) is 0 Å². The number of aliphatic imine (C=N–C) groups is 1. The number of nitrogens with one attached hydrogen (secondary N) is 2. The number of fused-ring (bicyclic) bond motifs is 1. The summed E-state index contributed by atoms with van der Waals surface area (Å²) in [6, 6.07) is 2.81. The van der Waals surface area contributed by atoms with Crippen molar-refractivity contribution >= 4 is 41.3 Å². The van der Waals surface area contributed by atoms with Gasteiger partial charge < -0.3 is 10.6 Å². The van der Waals surface area contributed by atoms with Crippen LogP contribution in [-0.2, 0) is 13.0 Å². The molecule has 130 valence electrons. The number of hydrogen-bond acceptors (Lipinski definition) is 3. The van der Waals surface area contributed by atoms with Crippen LogP contribution in [-0.4, -0.2) is 43.6 Å². The van der Waals surface area contributed by atoms with E-state index in [0.717, 1.165) is 31.5 Å². The van der Waals surface area contributed by atoms with Crippen LogP contribution in [0.1, 0.15) is 36.6 Å². The summed E-state index contributed by atoms with van der Waals surface area (Å²) in [7, 11) is 1.86. The molecule has 1 aromatic heterocycles. The predicted octanol–water partition coefficient (Wildman–Crippen LogP) is 3.08. The highest BCUT2D eigenvalue weighted by molar-refractivity contribution is 14.0. The van der Waals surface area contributed by atoms with Crippen molar-refractivity contribution in [3.63, 3.8) is 0 Å². The summed E-state index contributed by atoms with van der Waals surface area (Å²) >= 11 is 1.91. The molecule has 1 aliphatic carbocycles. The molecule has 1 aliphatic heterocycles. The second kappa shape index (κ2) is 9.22. The van der Waals surface area contributed by atoms with E-state index in [1.54, 1.807) is 4.88 Å². The first-order valence-corrected chi connectivity index (χ1v) is 9.38. The molecule has 1 atom stereocenters. The van der Waals surface area contributed by atoms with Crippen LogP contribution < -0.4 is 10.6 Å². The zero-order chi connectivity index (χ0) is 15.4. The molecule has 1 aromatic rings. The Labute approximate surface area is 161 Å². The van der Waals surface area contributed by atoms with E-state index >= 15 is 0 Å². The second-order valence-electron chi connectivity index (χ2n) is 6.57. The largest absolute Gasteiger partial charge is 0.356 e. The summed E-state index contributed by atoms with van der Waals surface area (Å²) in [6.45, 7) is 6.59. The van der Waals surface area contributed by atoms with Gasteiger partial charge in [0, 0.05) is 44.1 Å². The van der Waals surface area contributed by atoms with Gasteiger partial charge in [0.15, 0.2) is 5.96 Å². The van der Waals surface area contributed by atoms with Gasteiger partial charge in [0.25, 0.3) is 0 Å². The highest BCUT2D eigenvalue weighted by atomic mass is 127. The minimum absolute atomic E-state index is 0. The van der Waals surface area contributed by atoms with Crippen LogP contribution in [0.5, 0.6) is 0 Å². The molecule has 1 fully saturated rings. The van der Waals surface area contributed by atoms with Gasteiger partial charge in [-0.3, -0.25) is 9.89 Å². The summed E-state index contributed by atoms with van der Waals surface area (Å²) in [5.74, 6) is 1.81. The van der Waals surface area contributed by atoms with Crippen molar-refractivity contribution in [3.05, 3.63) is 21.9 Å². The van der Waals surface area contributed by atoms with E-state index in [4.69, 9.17) is 0 Å². The molecular weight excluding hydrogens is 419 g/mol. The van der Waals surface area contributed by atoms with Crippen molar-refractivity contribution in [2.24, 2.45) is 10.9 Å². The SMILES string of the molecule is CN=C(NCC1CCC1)NCC(C)N1CCc2sccc2C1.I. The van der Waals surface area contributed by atoms with E-state index in [2.05, 4.69) is 38.9 Å². The first-order chi connectivity index (χ1) is 10.8. The van der Waals surface area contributed by atoms with Gasteiger partial charge in [-0.1, -0.05) is 6.42 Å². The minimum atomic E-state index is 0. The maximum atomic E-state index is 4.34. The van der Waals surface area contributed by atoms with Crippen molar-refractivity contribution in [3.8, 4) is 0 Å². The van der Waals surface area contributed by atoms with E-state index in [0.29, 0.717) is 6.04 Å². The highest BCUT2D eigenvalue weighted by Gasteiger charge is 2.22. The number of hydrogen-bond donors (Lipinski definition) is 2. The molecule has 0 amide bonds. The van der Waals surface area contributed by atoms with Gasteiger partial charge in [-0.15, -0.1) is 35.3 Å². The molecule has 3 rings (SSSR count). The summed E-state index contributed by atoms with van der Waals surface area (Å²) in [4.78, 5) is 8.49. The van der Waals surface area contributed by atoms with Gasteiger partial charge in [-0.25, -0.2) is 0 Å². The lowest BCUT2D eigenvalue weighted by Gasteiger charge is -2.33. The van der Waals surface area contributed by atoms with E-state index in [1.165, 1.54) is 37.8 Å². The molecule has 0 saturated heterocycles. The molecule has 2 aliphatic rings. The van der Waals surface area contributed by atoms with Crippen molar-refractivity contribution in [1.82, 2.24) is 15.5 Å². The average molecular weight is 448 g/mol. The van der Waals surface area contributed by atoms with Crippen molar-refractivity contribution in [2.75, 3.05) is 26.7 Å². The van der Waals surface area contributed by atoms with Crippen molar-refractivity contribution in [2.45, 2.75) is 45.2 Å². The van der Waals surface area contributed by atoms with Gasteiger partial charge in [0.2, 0.25) is 0 Å². The van der Waals surface area contributed by atoms with Gasteiger partial charge in [-0.05, 0) is 49.1 Å². The predicted molar refractivity (Wildman–Crippen MR) is 110 cm³/mol. The van der Waals surface area contributed by atoms with E-state index in [9.17, 15) is 0 Å². The second-order valence-corrected chi connectivity index (χ2v) is 7.57. The third-order valence-electron chi connectivity index (χ3n) is 5.03. The number of guanidine groups is 1. The van der Waals surface area contributed by atoms with Gasteiger partial charge in [0.05, 0.1) is 0 Å². The number of nitrogens with zero attached hydrogens (tertiary/aromatic N) is 2. The zero-order valence-corrected chi connectivity index (χ0v) is 17.3. The standard InChI is InChI=1S/C17H28N4S.HI/c1-13(21-8-6-16-15(12-21)7-9-22-16)10-19-17(18-2)20-11-14-4-3-5-14;/h7,9,13-14H,3-6,8,10-12H2,1-2H3,(H2,18,19,20);1H. The van der Waals surface area contributed by atoms with Gasteiger partial charge >= 0.3 is 0 Å².